The van der Waals surface area contributed by atoms with Crippen molar-refractivity contribution in [3.05, 3.63) is 83.9 Å². The molecule has 3 aromatic carbocycles. The van der Waals surface area contributed by atoms with Crippen LogP contribution in [-0.2, 0) is 11.8 Å². The fraction of sp³-hybridized carbons (Fsp3) is 0.100. The first kappa shape index (κ1) is 15.1. The summed E-state index contributed by atoms with van der Waals surface area (Å²) in [4.78, 5) is 0. The molecule has 0 N–H and O–H groups in total. The summed E-state index contributed by atoms with van der Waals surface area (Å²) < 4.78 is 0. The quantitative estimate of drug-likeness (QED) is 0.480. The van der Waals surface area contributed by atoms with Crippen LogP contribution in [-0.4, -0.2) is 0 Å². The van der Waals surface area contributed by atoms with Gasteiger partial charge in [0.15, 0.2) is 0 Å². The van der Waals surface area contributed by atoms with Crippen molar-refractivity contribution in [2.75, 3.05) is 0 Å². The Bertz CT molecular complexity index is 711. The van der Waals surface area contributed by atoms with Gasteiger partial charge in [-0.1, -0.05) is 72.8 Å². The first-order valence-electron chi connectivity index (χ1n) is 7.22. The highest BCUT2D eigenvalue weighted by molar-refractivity contribution is 6.18. The van der Waals surface area contributed by atoms with Crippen molar-refractivity contribution < 1.29 is 0 Å². The molecule has 0 spiro atoms. The van der Waals surface area contributed by atoms with Gasteiger partial charge in [0, 0.05) is 11.8 Å². The van der Waals surface area contributed by atoms with E-state index in [0.717, 1.165) is 11.1 Å². The van der Waals surface area contributed by atoms with E-state index < -0.39 is 0 Å². The van der Waals surface area contributed by atoms with Crippen molar-refractivity contribution in [1.82, 2.24) is 0 Å². The predicted octanol–water partition coefficient (Wildman–Crippen LogP) is 6.50. The van der Waals surface area contributed by atoms with E-state index in [1.807, 2.05) is 12.1 Å². The van der Waals surface area contributed by atoms with Gasteiger partial charge in [0.25, 0.3) is 0 Å². The van der Waals surface area contributed by atoms with Gasteiger partial charge >= 0.3 is 0 Å². The molecular weight excluding hydrogens is 311 g/mol. The molecule has 0 nitrogen and oxygen atoms in total. The lowest BCUT2D eigenvalue weighted by Crippen LogP contribution is -1.92. The van der Waals surface area contributed by atoms with Crippen molar-refractivity contribution in [2.45, 2.75) is 11.8 Å². The summed E-state index contributed by atoms with van der Waals surface area (Å²) >= 11 is 12.2. The summed E-state index contributed by atoms with van der Waals surface area (Å²) in [6, 6.07) is 25.0. The van der Waals surface area contributed by atoms with Crippen LogP contribution in [0.5, 0.6) is 0 Å². The first-order valence-corrected chi connectivity index (χ1v) is 8.29. The molecule has 3 aromatic rings. The molecule has 110 valence electrons. The second kappa shape index (κ2) is 7.00. The minimum absolute atomic E-state index is 0.502. The van der Waals surface area contributed by atoms with Gasteiger partial charge in [-0.3, -0.25) is 0 Å². The van der Waals surface area contributed by atoms with Crippen LogP contribution in [0.15, 0.2) is 72.8 Å². The molecule has 0 atom stereocenters. The second-order valence-electron chi connectivity index (χ2n) is 5.13. The Morgan fingerprint density at radius 3 is 1.14 bits per heavy atom. The molecular formula is C20H16Cl2. The third kappa shape index (κ3) is 2.90. The lowest BCUT2D eigenvalue weighted by molar-refractivity contribution is 1.38. The molecule has 0 bridgehead atoms. The maximum absolute atomic E-state index is 6.12. The van der Waals surface area contributed by atoms with Crippen LogP contribution in [0, 0.1) is 0 Å². The van der Waals surface area contributed by atoms with Crippen LogP contribution in [0.1, 0.15) is 11.1 Å². The van der Waals surface area contributed by atoms with E-state index in [1.54, 1.807) is 0 Å². The molecule has 0 aliphatic carbocycles. The third-order valence-electron chi connectivity index (χ3n) is 3.83. The smallest absolute Gasteiger partial charge is 0.0480 e. The van der Waals surface area contributed by atoms with E-state index in [2.05, 4.69) is 60.7 Å². The van der Waals surface area contributed by atoms with Gasteiger partial charge in [0.2, 0.25) is 0 Å². The molecule has 0 radical (unpaired) electrons. The zero-order valence-corrected chi connectivity index (χ0v) is 13.6. The van der Waals surface area contributed by atoms with Gasteiger partial charge in [-0.25, -0.2) is 0 Å². The van der Waals surface area contributed by atoms with Gasteiger partial charge in [0.1, 0.15) is 0 Å². The topological polar surface area (TPSA) is 0 Å². The Morgan fingerprint density at radius 1 is 0.455 bits per heavy atom. The summed E-state index contributed by atoms with van der Waals surface area (Å²) in [7, 11) is 0. The molecule has 3 rings (SSSR count). The molecule has 0 saturated carbocycles. The summed E-state index contributed by atoms with van der Waals surface area (Å²) in [5, 5.41) is 0. The lowest BCUT2D eigenvalue weighted by atomic mass is 9.90. The van der Waals surface area contributed by atoms with Gasteiger partial charge in [0.05, 0.1) is 0 Å². The molecule has 0 aliphatic heterocycles. The maximum atomic E-state index is 6.12. The molecule has 0 fully saturated rings. The molecule has 0 unspecified atom stereocenters. The molecule has 0 saturated heterocycles. The number of rotatable bonds is 4. The zero-order chi connectivity index (χ0) is 15.4. The van der Waals surface area contributed by atoms with E-state index in [1.165, 1.54) is 22.3 Å². The fourth-order valence-corrected chi connectivity index (χ4v) is 3.22. The Kier molecular flexibility index (Phi) is 4.82. The van der Waals surface area contributed by atoms with Crippen LogP contribution in [0.4, 0.5) is 0 Å². The first-order chi connectivity index (χ1) is 10.8. The Hall–Kier alpha value is -1.76. The average Bonchev–Trinajstić information content (AvgIpc) is 2.61. The van der Waals surface area contributed by atoms with Gasteiger partial charge < -0.3 is 0 Å². The van der Waals surface area contributed by atoms with Gasteiger partial charge in [-0.2, -0.15) is 0 Å². The van der Waals surface area contributed by atoms with Crippen molar-refractivity contribution >= 4 is 23.2 Å². The van der Waals surface area contributed by atoms with Crippen molar-refractivity contribution in [1.29, 1.82) is 0 Å². The summed E-state index contributed by atoms with van der Waals surface area (Å²) in [6.07, 6.45) is 0. The van der Waals surface area contributed by atoms with Crippen molar-refractivity contribution in [3.8, 4) is 22.3 Å². The van der Waals surface area contributed by atoms with E-state index in [9.17, 15) is 0 Å². The largest absolute Gasteiger partial charge is 0.122 e. The van der Waals surface area contributed by atoms with Crippen LogP contribution >= 0.6 is 23.2 Å². The number of hydrogen-bond donors (Lipinski definition) is 0. The number of hydrogen-bond acceptors (Lipinski definition) is 0. The Labute approximate surface area is 141 Å². The van der Waals surface area contributed by atoms with Crippen LogP contribution < -0.4 is 0 Å². The minimum Gasteiger partial charge on any atom is -0.122 e. The lowest BCUT2D eigenvalue weighted by Gasteiger charge is -2.15. The zero-order valence-electron chi connectivity index (χ0n) is 12.1. The predicted molar refractivity (Wildman–Crippen MR) is 96.4 cm³/mol. The summed E-state index contributed by atoms with van der Waals surface area (Å²) in [5.41, 5.74) is 7.02. The van der Waals surface area contributed by atoms with Gasteiger partial charge in [-0.15, -0.1) is 23.2 Å². The normalized spacial score (nSPS) is 10.6. The standard InChI is InChI=1S/C20H16Cl2/c21-13-15-7-1-3-9-17(15)19-11-5-6-12-20(19)18-10-4-2-8-16(18)14-22/h1-12H,13-14H2. The SMILES string of the molecule is ClCc1ccccc1-c1ccccc1-c1ccccc1CCl. The highest BCUT2D eigenvalue weighted by Gasteiger charge is 2.12. The molecule has 0 amide bonds. The second-order valence-corrected chi connectivity index (χ2v) is 5.66. The number of halogens is 2. The van der Waals surface area contributed by atoms with E-state index in [4.69, 9.17) is 23.2 Å². The third-order valence-corrected chi connectivity index (χ3v) is 4.41. The molecule has 22 heavy (non-hydrogen) atoms. The van der Waals surface area contributed by atoms with E-state index >= 15 is 0 Å². The molecule has 0 aliphatic rings. The van der Waals surface area contributed by atoms with Crippen molar-refractivity contribution in [3.63, 3.8) is 0 Å². The fourth-order valence-electron chi connectivity index (χ4n) is 2.75. The highest BCUT2D eigenvalue weighted by Crippen LogP contribution is 2.36. The van der Waals surface area contributed by atoms with Gasteiger partial charge in [-0.05, 0) is 33.4 Å². The monoisotopic (exact) mass is 326 g/mol. The van der Waals surface area contributed by atoms with E-state index in [-0.39, 0.29) is 0 Å². The maximum Gasteiger partial charge on any atom is 0.0480 e. The van der Waals surface area contributed by atoms with Crippen LogP contribution in [0.2, 0.25) is 0 Å². The molecule has 0 aromatic heterocycles. The summed E-state index contributed by atoms with van der Waals surface area (Å²) in [5.74, 6) is 1.00. The average molecular weight is 327 g/mol. The Morgan fingerprint density at radius 2 is 0.773 bits per heavy atom. The Balaban J connectivity index is 2.23. The van der Waals surface area contributed by atoms with Crippen molar-refractivity contribution in [2.24, 2.45) is 0 Å². The number of benzene rings is 3. The minimum atomic E-state index is 0.502. The number of alkyl halides is 2. The van der Waals surface area contributed by atoms with Crippen LogP contribution in [0.3, 0.4) is 0 Å². The molecule has 0 heterocycles. The van der Waals surface area contributed by atoms with Crippen LogP contribution in [0.25, 0.3) is 22.3 Å². The molecule has 2 heteroatoms. The highest BCUT2D eigenvalue weighted by atomic mass is 35.5. The summed E-state index contributed by atoms with van der Waals surface area (Å²) in [6.45, 7) is 0. The van der Waals surface area contributed by atoms with E-state index in [0.29, 0.717) is 11.8 Å².